The molecular weight excluding hydrogens is 367 g/mol. The predicted molar refractivity (Wildman–Crippen MR) is 128 cm³/mol. The van der Waals surface area contributed by atoms with Gasteiger partial charge in [0.2, 0.25) is 0 Å². The minimum atomic E-state index is -0.555. The van der Waals surface area contributed by atoms with E-state index in [0.717, 1.165) is 43.3 Å². The zero-order chi connectivity index (χ0) is 21.0. The molecule has 3 heteroatoms. The number of rotatable bonds is 4. The molecule has 3 aliphatic rings. The van der Waals surface area contributed by atoms with E-state index < -0.39 is 5.97 Å². The molecule has 0 aromatic rings. The minimum Gasteiger partial charge on any atom is -0.481 e. The molecule has 0 amide bonds. The second kappa shape index (κ2) is 13.8. The molecule has 0 aromatic heterocycles. The van der Waals surface area contributed by atoms with Crippen molar-refractivity contribution in [2.75, 3.05) is 0 Å². The maximum absolute atomic E-state index is 11.6. The summed E-state index contributed by atoms with van der Waals surface area (Å²) in [5.41, 5.74) is 0. The lowest BCUT2D eigenvalue weighted by atomic mass is 9.49. The molecule has 0 aromatic carbocycles. The third kappa shape index (κ3) is 8.58. The van der Waals surface area contributed by atoms with E-state index in [1.165, 1.54) is 109 Å². The Labute approximate surface area is 187 Å². The van der Waals surface area contributed by atoms with Crippen LogP contribution in [0.25, 0.3) is 0 Å². The first-order valence-corrected chi connectivity index (χ1v) is 13.8. The second-order valence-electron chi connectivity index (χ2n) is 11.0. The summed E-state index contributed by atoms with van der Waals surface area (Å²) in [6.07, 6.45) is 28.2. The Balaban J connectivity index is 1.44. The van der Waals surface area contributed by atoms with Gasteiger partial charge in [-0.15, -0.1) is 0 Å². The van der Waals surface area contributed by atoms with Gasteiger partial charge in [-0.05, 0) is 24.7 Å². The van der Waals surface area contributed by atoms with Gasteiger partial charge in [-0.1, -0.05) is 134 Å². The van der Waals surface area contributed by atoms with E-state index in [9.17, 15) is 9.90 Å². The van der Waals surface area contributed by atoms with E-state index in [4.69, 9.17) is 0 Å². The van der Waals surface area contributed by atoms with E-state index in [1.807, 2.05) is 0 Å². The van der Waals surface area contributed by atoms with Crippen LogP contribution in [0, 0.1) is 17.8 Å². The summed E-state index contributed by atoms with van der Waals surface area (Å²) in [7, 11) is 2.71. The van der Waals surface area contributed by atoms with Gasteiger partial charge >= 0.3 is 5.97 Å². The van der Waals surface area contributed by atoms with Crippen molar-refractivity contribution in [1.29, 1.82) is 0 Å². The number of hydrogen-bond acceptors (Lipinski definition) is 1. The Morgan fingerprint density at radius 3 is 1.53 bits per heavy atom. The van der Waals surface area contributed by atoms with Crippen molar-refractivity contribution in [3.05, 3.63) is 0 Å². The highest BCUT2D eigenvalue weighted by Gasteiger charge is 2.27. The Kier molecular flexibility index (Phi) is 11.2. The van der Waals surface area contributed by atoms with Gasteiger partial charge in [-0.3, -0.25) is 4.79 Å². The van der Waals surface area contributed by atoms with Crippen molar-refractivity contribution >= 4 is 13.2 Å². The zero-order valence-corrected chi connectivity index (χ0v) is 19.7. The first-order chi connectivity index (χ1) is 14.7. The van der Waals surface area contributed by atoms with Gasteiger partial charge in [0.1, 0.15) is 7.28 Å². The topological polar surface area (TPSA) is 37.3 Å². The molecule has 2 unspecified atom stereocenters. The molecule has 1 N–H and O–H groups in total. The molecule has 0 bridgehead atoms. The fourth-order valence-corrected chi connectivity index (χ4v) is 6.88. The lowest BCUT2D eigenvalue weighted by Gasteiger charge is -2.32. The summed E-state index contributed by atoms with van der Waals surface area (Å²) in [4.78, 5) is 11.6. The lowest BCUT2D eigenvalue weighted by molar-refractivity contribution is -0.142. The van der Waals surface area contributed by atoms with Crippen LogP contribution in [0.5, 0.6) is 0 Å². The number of carboxylic acid groups (broad SMARTS) is 1. The van der Waals surface area contributed by atoms with Gasteiger partial charge < -0.3 is 5.11 Å². The lowest BCUT2D eigenvalue weighted by Crippen LogP contribution is -2.21. The van der Waals surface area contributed by atoms with Crippen molar-refractivity contribution in [2.45, 2.75) is 146 Å². The van der Waals surface area contributed by atoms with Gasteiger partial charge in [0.15, 0.2) is 0 Å². The van der Waals surface area contributed by atoms with E-state index in [1.54, 1.807) is 0 Å². The Morgan fingerprint density at radius 2 is 0.933 bits per heavy atom. The molecule has 30 heavy (non-hydrogen) atoms. The third-order valence-corrected chi connectivity index (χ3v) is 8.77. The molecule has 0 heterocycles. The van der Waals surface area contributed by atoms with Gasteiger partial charge in [-0.25, -0.2) is 0 Å². The normalized spacial score (nSPS) is 34.0. The maximum atomic E-state index is 11.6. The van der Waals surface area contributed by atoms with Crippen LogP contribution < -0.4 is 0 Å². The van der Waals surface area contributed by atoms with Crippen LogP contribution in [0.15, 0.2) is 0 Å². The van der Waals surface area contributed by atoms with Gasteiger partial charge in [-0.2, -0.15) is 0 Å². The Bertz CT molecular complexity index is 461. The standard InChI is InChI=1S/C27H48BO2/c29-27(30)24-14-8-4-5-9-17-26(21-20-24)28-25-18-10-15-23(16-11-19-25)22-12-6-2-1-3-7-13-22/h22-26H,1-21H2,(H,29,30). The largest absolute Gasteiger partial charge is 0.481 e. The van der Waals surface area contributed by atoms with E-state index in [-0.39, 0.29) is 5.92 Å². The highest BCUT2D eigenvalue weighted by atomic mass is 16.4. The Morgan fingerprint density at radius 1 is 0.500 bits per heavy atom. The fourth-order valence-electron chi connectivity index (χ4n) is 6.88. The van der Waals surface area contributed by atoms with Crippen LogP contribution in [-0.2, 0) is 4.79 Å². The summed E-state index contributed by atoms with van der Waals surface area (Å²) in [5.74, 6) is 2.84. The monoisotopic (exact) mass is 415 g/mol. The molecule has 2 atom stereocenters. The fraction of sp³-hybridized carbons (Fsp3) is 0.963. The van der Waals surface area contributed by atoms with Gasteiger partial charge in [0.05, 0.1) is 5.92 Å². The van der Waals surface area contributed by atoms with Crippen LogP contribution in [-0.4, -0.2) is 18.4 Å². The quantitative estimate of drug-likeness (QED) is 0.468. The minimum absolute atomic E-state index is 0.0964. The number of carbonyl (C=O) groups is 1. The first kappa shape index (κ1) is 24.2. The highest BCUT2D eigenvalue weighted by Crippen LogP contribution is 2.40. The molecule has 171 valence electrons. The molecule has 3 fully saturated rings. The van der Waals surface area contributed by atoms with Crippen molar-refractivity contribution < 1.29 is 9.90 Å². The van der Waals surface area contributed by atoms with Gasteiger partial charge in [0.25, 0.3) is 0 Å². The first-order valence-electron chi connectivity index (χ1n) is 13.8. The highest BCUT2D eigenvalue weighted by molar-refractivity contribution is 6.39. The van der Waals surface area contributed by atoms with Crippen LogP contribution in [0.1, 0.15) is 135 Å². The van der Waals surface area contributed by atoms with Crippen molar-refractivity contribution in [3.63, 3.8) is 0 Å². The van der Waals surface area contributed by atoms with Gasteiger partial charge in [0, 0.05) is 0 Å². The zero-order valence-electron chi connectivity index (χ0n) is 19.7. The number of aliphatic carboxylic acids is 1. The molecule has 0 spiro atoms. The van der Waals surface area contributed by atoms with E-state index >= 15 is 0 Å². The molecule has 1 radical (unpaired) electrons. The number of carboxylic acids is 1. The molecule has 3 saturated carbocycles. The maximum Gasteiger partial charge on any atom is 0.306 e. The molecule has 2 nitrogen and oxygen atoms in total. The third-order valence-electron chi connectivity index (χ3n) is 8.77. The molecule has 0 aliphatic heterocycles. The van der Waals surface area contributed by atoms with Crippen LogP contribution >= 0.6 is 0 Å². The smallest absolute Gasteiger partial charge is 0.306 e. The molecule has 3 rings (SSSR count). The molecule has 0 saturated heterocycles. The van der Waals surface area contributed by atoms with E-state index in [2.05, 4.69) is 7.28 Å². The second-order valence-corrected chi connectivity index (χ2v) is 11.0. The Hall–Kier alpha value is -0.465. The van der Waals surface area contributed by atoms with Crippen molar-refractivity contribution in [3.8, 4) is 0 Å². The summed E-state index contributed by atoms with van der Waals surface area (Å²) < 4.78 is 0. The molecule has 3 aliphatic carbocycles. The molecular formula is C27H48BO2. The average Bonchev–Trinajstić information content (AvgIpc) is 2.68. The summed E-state index contributed by atoms with van der Waals surface area (Å²) >= 11 is 0. The predicted octanol–water partition coefficient (Wildman–Crippen LogP) is 8.43. The van der Waals surface area contributed by atoms with Crippen LogP contribution in [0.2, 0.25) is 11.6 Å². The summed E-state index contributed by atoms with van der Waals surface area (Å²) in [6.45, 7) is 0. The summed E-state index contributed by atoms with van der Waals surface area (Å²) in [5, 5.41) is 9.55. The number of hydrogen-bond donors (Lipinski definition) is 1. The van der Waals surface area contributed by atoms with Crippen molar-refractivity contribution in [1.82, 2.24) is 0 Å². The van der Waals surface area contributed by atoms with Crippen molar-refractivity contribution in [2.24, 2.45) is 17.8 Å². The SMILES string of the molecule is O=C(O)C1CCCCCCC([B]C2CCCC(C3CCCCCCC3)CCC2)CC1. The van der Waals surface area contributed by atoms with Crippen LogP contribution in [0.3, 0.4) is 0 Å². The summed E-state index contributed by atoms with van der Waals surface area (Å²) in [6, 6.07) is 0. The van der Waals surface area contributed by atoms with Crippen LogP contribution in [0.4, 0.5) is 0 Å². The average molecular weight is 415 g/mol. The van der Waals surface area contributed by atoms with E-state index in [0.29, 0.717) is 5.82 Å².